The molecule has 0 bridgehead atoms. The van der Waals surface area contributed by atoms with E-state index in [1.54, 1.807) is 6.07 Å². The molecule has 0 saturated heterocycles. The second-order valence-electron chi connectivity index (χ2n) is 4.69. The van der Waals surface area contributed by atoms with Crippen LogP contribution in [-0.4, -0.2) is 6.36 Å². The van der Waals surface area contributed by atoms with E-state index in [9.17, 15) is 13.2 Å². The first-order valence-electron chi connectivity index (χ1n) is 6.59. The highest BCUT2D eigenvalue weighted by molar-refractivity contribution is 5.37. The molecule has 0 amide bonds. The van der Waals surface area contributed by atoms with Crippen molar-refractivity contribution in [2.45, 2.75) is 25.7 Å². The summed E-state index contributed by atoms with van der Waals surface area (Å²) in [6.45, 7) is 2.05. The third-order valence-corrected chi connectivity index (χ3v) is 3.20. The van der Waals surface area contributed by atoms with Gasteiger partial charge in [-0.05, 0) is 35.2 Å². The molecule has 1 atom stereocenters. The maximum atomic E-state index is 12.2. The Bertz CT molecular complexity index is 593. The van der Waals surface area contributed by atoms with Gasteiger partial charge >= 0.3 is 6.36 Å². The molecule has 0 saturated carbocycles. The Hall–Kier alpha value is -2.01. The Kier molecular flexibility index (Phi) is 4.53. The standard InChI is InChI=1S/C16H16F3NO/c1-2-11-6-8-12(9-7-11)15(20)13-4-3-5-14(10-13)21-16(17,18)19/h3-10,15H,2,20H2,1H3. The van der Waals surface area contributed by atoms with E-state index in [2.05, 4.69) is 4.74 Å². The lowest BCUT2D eigenvalue weighted by molar-refractivity contribution is -0.274. The van der Waals surface area contributed by atoms with Crippen LogP contribution < -0.4 is 10.5 Å². The van der Waals surface area contributed by atoms with E-state index in [0.717, 1.165) is 12.0 Å². The Morgan fingerprint density at radius 3 is 2.29 bits per heavy atom. The second kappa shape index (κ2) is 6.18. The number of halogens is 3. The first kappa shape index (κ1) is 15.4. The zero-order chi connectivity index (χ0) is 15.5. The van der Waals surface area contributed by atoms with Crippen molar-refractivity contribution >= 4 is 0 Å². The molecule has 0 heterocycles. The van der Waals surface area contributed by atoms with Gasteiger partial charge in [0.25, 0.3) is 0 Å². The van der Waals surface area contributed by atoms with Gasteiger partial charge in [0.15, 0.2) is 0 Å². The highest BCUT2D eigenvalue weighted by Crippen LogP contribution is 2.27. The van der Waals surface area contributed by atoms with Gasteiger partial charge < -0.3 is 10.5 Å². The van der Waals surface area contributed by atoms with Crippen molar-refractivity contribution < 1.29 is 17.9 Å². The summed E-state index contributed by atoms with van der Waals surface area (Å²) >= 11 is 0. The molecule has 2 rings (SSSR count). The van der Waals surface area contributed by atoms with E-state index >= 15 is 0 Å². The van der Waals surface area contributed by atoms with Gasteiger partial charge in [0.1, 0.15) is 5.75 Å². The summed E-state index contributed by atoms with van der Waals surface area (Å²) in [5, 5.41) is 0. The van der Waals surface area contributed by atoms with Gasteiger partial charge in [-0.3, -0.25) is 0 Å². The van der Waals surface area contributed by atoms with Crippen molar-refractivity contribution in [2.24, 2.45) is 5.73 Å². The van der Waals surface area contributed by atoms with Crippen LogP contribution in [0.4, 0.5) is 13.2 Å². The van der Waals surface area contributed by atoms with Crippen LogP contribution in [0.2, 0.25) is 0 Å². The molecule has 0 spiro atoms. The molecule has 21 heavy (non-hydrogen) atoms. The van der Waals surface area contributed by atoms with Crippen LogP contribution in [-0.2, 0) is 6.42 Å². The van der Waals surface area contributed by atoms with Gasteiger partial charge in [0.2, 0.25) is 0 Å². The molecule has 112 valence electrons. The lowest BCUT2D eigenvalue weighted by Crippen LogP contribution is -2.18. The highest BCUT2D eigenvalue weighted by atomic mass is 19.4. The summed E-state index contributed by atoms with van der Waals surface area (Å²) in [4.78, 5) is 0. The van der Waals surface area contributed by atoms with Gasteiger partial charge in [-0.1, -0.05) is 43.3 Å². The Labute approximate surface area is 121 Å². The van der Waals surface area contributed by atoms with E-state index in [4.69, 9.17) is 5.73 Å². The summed E-state index contributed by atoms with van der Waals surface area (Å²) in [5.74, 6) is -0.263. The predicted octanol–water partition coefficient (Wildman–Crippen LogP) is 4.20. The van der Waals surface area contributed by atoms with Gasteiger partial charge in [-0.2, -0.15) is 0 Å². The van der Waals surface area contributed by atoms with Crippen LogP contribution in [0.15, 0.2) is 48.5 Å². The minimum Gasteiger partial charge on any atom is -0.406 e. The maximum absolute atomic E-state index is 12.2. The zero-order valence-corrected chi connectivity index (χ0v) is 11.5. The normalized spacial score (nSPS) is 13.0. The van der Waals surface area contributed by atoms with E-state index < -0.39 is 12.4 Å². The molecule has 2 N–H and O–H groups in total. The van der Waals surface area contributed by atoms with Gasteiger partial charge in [-0.15, -0.1) is 13.2 Å². The quantitative estimate of drug-likeness (QED) is 0.917. The lowest BCUT2D eigenvalue weighted by Gasteiger charge is -2.15. The third-order valence-electron chi connectivity index (χ3n) is 3.20. The largest absolute Gasteiger partial charge is 0.573 e. The van der Waals surface area contributed by atoms with Gasteiger partial charge in [-0.25, -0.2) is 0 Å². The minimum atomic E-state index is -4.70. The summed E-state index contributed by atoms with van der Waals surface area (Å²) < 4.78 is 40.6. The molecule has 0 aliphatic heterocycles. The second-order valence-corrected chi connectivity index (χ2v) is 4.69. The number of ether oxygens (including phenoxy) is 1. The molecule has 2 nitrogen and oxygen atoms in total. The SMILES string of the molecule is CCc1ccc(C(N)c2cccc(OC(F)(F)F)c2)cc1. The van der Waals surface area contributed by atoms with Crippen molar-refractivity contribution in [2.75, 3.05) is 0 Å². The Balaban J connectivity index is 2.22. The van der Waals surface area contributed by atoms with Gasteiger partial charge in [0.05, 0.1) is 6.04 Å². The smallest absolute Gasteiger partial charge is 0.406 e. The summed E-state index contributed by atoms with van der Waals surface area (Å²) in [7, 11) is 0. The fourth-order valence-corrected chi connectivity index (χ4v) is 2.06. The van der Waals surface area contributed by atoms with E-state index in [0.29, 0.717) is 5.56 Å². The average molecular weight is 295 g/mol. The molecule has 5 heteroatoms. The highest BCUT2D eigenvalue weighted by Gasteiger charge is 2.31. The van der Waals surface area contributed by atoms with Crippen LogP contribution in [0.3, 0.4) is 0 Å². The Morgan fingerprint density at radius 1 is 1.05 bits per heavy atom. The molecular formula is C16H16F3NO. The van der Waals surface area contributed by atoms with E-state index in [-0.39, 0.29) is 5.75 Å². The monoisotopic (exact) mass is 295 g/mol. The van der Waals surface area contributed by atoms with Crippen molar-refractivity contribution in [3.05, 3.63) is 65.2 Å². The average Bonchev–Trinajstić information content (AvgIpc) is 2.45. The van der Waals surface area contributed by atoms with Crippen molar-refractivity contribution in [3.63, 3.8) is 0 Å². The lowest BCUT2D eigenvalue weighted by atomic mass is 9.98. The molecule has 0 aliphatic rings. The third kappa shape index (κ3) is 4.23. The number of benzene rings is 2. The van der Waals surface area contributed by atoms with Crippen molar-refractivity contribution in [3.8, 4) is 5.75 Å². The van der Waals surface area contributed by atoms with E-state index in [1.807, 2.05) is 31.2 Å². The number of hydrogen-bond donors (Lipinski definition) is 1. The molecule has 0 radical (unpaired) electrons. The summed E-state index contributed by atoms with van der Waals surface area (Å²) in [6.07, 6.45) is -3.78. The molecule has 1 unspecified atom stereocenters. The van der Waals surface area contributed by atoms with Crippen LogP contribution in [0.25, 0.3) is 0 Å². The first-order valence-corrected chi connectivity index (χ1v) is 6.59. The molecule has 0 aromatic heterocycles. The van der Waals surface area contributed by atoms with Crippen LogP contribution >= 0.6 is 0 Å². The molecule has 0 aliphatic carbocycles. The maximum Gasteiger partial charge on any atom is 0.573 e. The number of nitrogens with two attached hydrogens (primary N) is 1. The summed E-state index contributed by atoms with van der Waals surface area (Å²) in [5.41, 5.74) is 8.70. The fourth-order valence-electron chi connectivity index (χ4n) is 2.06. The summed E-state index contributed by atoms with van der Waals surface area (Å²) in [6, 6.07) is 13.0. The van der Waals surface area contributed by atoms with Crippen molar-refractivity contribution in [1.82, 2.24) is 0 Å². The minimum absolute atomic E-state index is 0.263. The molecular weight excluding hydrogens is 279 g/mol. The van der Waals surface area contributed by atoms with Gasteiger partial charge in [0, 0.05) is 0 Å². The number of alkyl halides is 3. The van der Waals surface area contributed by atoms with Crippen LogP contribution in [0.5, 0.6) is 5.75 Å². The molecule has 2 aromatic rings. The molecule has 2 aromatic carbocycles. The predicted molar refractivity (Wildman–Crippen MR) is 75.0 cm³/mol. The van der Waals surface area contributed by atoms with Crippen LogP contribution in [0.1, 0.15) is 29.7 Å². The fraction of sp³-hybridized carbons (Fsp3) is 0.250. The number of aryl methyl sites for hydroxylation is 1. The topological polar surface area (TPSA) is 35.2 Å². The Morgan fingerprint density at radius 2 is 1.71 bits per heavy atom. The number of rotatable bonds is 4. The zero-order valence-electron chi connectivity index (χ0n) is 11.5. The van der Waals surface area contributed by atoms with Crippen molar-refractivity contribution in [1.29, 1.82) is 0 Å². The first-order chi connectivity index (χ1) is 9.89. The van der Waals surface area contributed by atoms with E-state index in [1.165, 1.54) is 23.8 Å². The van der Waals surface area contributed by atoms with Crippen LogP contribution in [0, 0.1) is 0 Å². The molecule has 0 fully saturated rings. The number of hydrogen-bond acceptors (Lipinski definition) is 2.